The molecule has 1 rings (SSSR count). The summed E-state index contributed by atoms with van der Waals surface area (Å²) in [6.45, 7) is 4.53. The van der Waals surface area contributed by atoms with Crippen molar-refractivity contribution in [3.63, 3.8) is 0 Å². The summed E-state index contributed by atoms with van der Waals surface area (Å²) < 4.78 is 32.9. The first-order valence-corrected chi connectivity index (χ1v) is 23.6. The van der Waals surface area contributed by atoms with Crippen LogP contribution < -0.4 is 4.72 Å². The van der Waals surface area contributed by atoms with Crippen LogP contribution in [0.15, 0.2) is 54.6 Å². The van der Waals surface area contributed by atoms with E-state index >= 15 is 0 Å². The van der Waals surface area contributed by atoms with Crippen molar-refractivity contribution in [2.24, 2.45) is 0 Å². The minimum absolute atomic E-state index is 0.0235. The lowest BCUT2D eigenvalue weighted by Gasteiger charge is -2.18. The molecule has 7 heteroatoms. The molecule has 304 valence electrons. The number of amides is 1. The highest BCUT2D eigenvalue weighted by molar-refractivity contribution is 7.90. The van der Waals surface area contributed by atoms with Gasteiger partial charge in [-0.05, 0) is 95.6 Å². The number of allylic oxidation sites excluding steroid dienone is 4. The molecule has 0 saturated carbocycles. The van der Waals surface area contributed by atoms with Crippen LogP contribution in [0.1, 0.15) is 217 Å². The summed E-state index contributed by atoms with van der Waals surface area (Å²) >= 11 is 0. The zero-order valence-electron chi connectivity index (χ0n) is 34.1. The lowest BCUT2D eigenvalue weighted by molar-refractivity contribution is -0.149. The molecule has 1 amide bonds. The SMILES string of the molecule is CCCCCCCC/C=C\CCCCCCCC(CCCCCCC/C=C\CCCCCCCC)OC(=O)CCCS(=O)(=O)NC(=O)c1ccccc1. The second kappa shape index (κ2) is 35.3. The van der Waals surface area contributed by atoms with Gasteiger partial charge < -0.3 is 4.74 Å². The van der Waals surface area contributed by atoms with Gasteiger partial charge in [-0.25, -0.2) is 13.1 Å². The Labute approximate surface area is 326 Å². The number of rotatable bonds is 37. The van der Waals surface area contributed by atoms with Crippen LogP contribution in [0.5, 0.6) is 0 Å². The molecule has 0 fully saturated rings. The van der Waals surface area contributed by atoms with E-state index in [1.165, 1.54) is 128 Å². The van der Waals surface area contributed by atoms with Crippen LogP contribution in [0.2, 0.25) is 0 Å². The second-order valence-electron chi connectivity index (χ2n) is 15.1. The van der Waals surface area contributed by atoms with Gasteiger partial charge in [-0.1, -0.05) is 159 Å². The Morgan fingerprint density at radius 3 is 1.40 bits per heavy atom. The van der Waals surface area contributed by atoms with Crippen molar-refractivity contribution in [2.75, 3.05) is 5.75 Å². The first-order chi connectivity index (χ1) is 25.9. The highest BCUT2D eigenvalue weighted by Crippen LogP contribution is 2.18. The van der Waals surface area contributed by atoms with Gasteiger partial charge in [-0.15, -0.1) is 0 Å². The number of nitrogens with one attached hydrogen (secondary N) is 1. The van der Waals surface area contributed by atoms with Crippen LogP contribution in [-0.2, 0) is 19.6 Å². The number of esters is 1. The van der Waals surface area contributed by atoms with E-state index in [0.29, 0.717) is 0 Å². The van der Waals surface area contributed by atoms with Gasteiger partial charge in [0.05, 0.1) is 5.75 Å². The number of hydrogen-bond acceptors (Lipinski definition) is 5. The minimum Gasteiger partial charge on any atom is -0.462 e. The van der Waals surface area contributed by atoms with Gasteiger partial charge in [0.2, 0.25) is 10.0 Å². The average Bonchev–Trinajstić information content (AvgIpc) is 3.14. The molecule has 0 bridgehead atoms. The average molecular weight is 758 g/mol. The standard InChI is InChI=1S/C46H79NO5S/c1-3-5-7-9-11-13-15-17-19-21-23-25-27-29-34-39-44(40-35-30-28-26-24-22-20-18-16-14-12-10-8-6-4-2)52-45(48)41-36-42-53(50,51)47-46(49)43-37-32-31-33-38-43/h17-20,31-33,37-38,44H,3-16,21-30,34-36,39-42H2,1-2H3,(H,47,49)/b19-17-,20-18-. The number of benzene rings is 1. The lowest BCUT2D eigenvalue weighted by Crippen LogP contribution is -2.32. The number of carbonyl (C=O) groups is 2. The van der Waals surface area contributed by atoms with E-state index < -0.39 is 15.9 Å². The molecule has 0 aliphatic carbocycles. The fourth-order valence-electron chi connectivity index (χ4n) is 6.64. The van der Waals surface area contributed by atoms with Gasteiger partial charge >= 0.3 is 5.97 Å². The van der Waals surface area contributed by atoms with E-state index in [1.807, 2.05) is 0 Å². The van der Waals surface area contributed by atoms with Crippen LogP contribution in [0.4, 0.5) is 0 Å². The first kappa shape index (κ1) is 48.6. The smallest absolute Gasteiger partial charge is 0.306 e. The Hall–Kier alpha value is -2.41. The Morgan fingerprint density at radius 1 is 0.566 bits per heavy atom. The Bertz CT molecular complexity index is 1120. The molecule has 0 unspecified atom stereocenters. The van der Waals surface area contributed by atoms with Crippen LogP contribution in [0.3, 0.4) is 0 Å². The fraction of sp³-hybridized carbons (Fsp3) is 0.739. The molecule has 1 N–H and O–H groups in total. The number of unbranched alkanes of at least 4 members (excludes halogenated alkanes) is 22. The quantitative estimate of drug-likeness (QED) is 0.0415. The lowest BCUT2D eigenvalue weighted by atomic mass is 10.0. The highest BCUT2D eigenvalue weighted by atomic mass is 32.2. The second-order valence-corrected chi connectivity index (χ2v) is 16.9. The van der Waals surface area contributed by atoms with E-state index in [0.717, 1.165) is 51.4 Å². The molecule has 0 saturated heterocycles. The van der Waals surface area contributed by atoms with Gasteiger partial charge in [-0.2, -0.15) is 0 Å². The molecule has 6 nitrogen and oxygen atoms in total. The molecule has 0 atom stereocenters. The number of hydrogen-bond donors (Lipinski definition) is 1. The Balaban J connectivity index is 2.34. The topological polar surface area (TPSA) is 89.5 Å². The summed E-state index contributed by atoms with van der Waals surface area (Å²) in [4.78, 5) is 25.1. The van der Waals surface area contributed by atoms with Crippen molar-refractivity contribution in [3.05, 3.63) is 60.2 Å². The number of sulfonamides is 1. The van der Waals surface area contributed by atoms with Crippen molar-refractivity contribution in [1.82, 2.24) is 4.72 Å². The summed E-state index contributed by atoms with van der Waals surface area (Å²) in [6, 6.07) is 8.26. The molecule has 0 spiro atoms. The predicted molar refractivity (Wildman–Crippen MR) is 226 cm³/mol. The maximum atomic E-state index is 12.8. The van der Waals surface area contributed by atoms with Crippen molar-refractivity contribution in [1.29, 1.82) is 0 Å². The van der Waals surface area contributed by atoms with Crippen LogP contribution in [0, 0.1) is 0 Å². The predicted octanol–water partition coefficient (Wildman–Crippen LogP) is 13.5. The summed E-state index contributed by atoms with van der Waals surface area (Å²) in [7, 11) is -3.84. The third-order valence-corrected chi connectivity index (χ3v) is 11.3. The summed E-state index contributed by atoms with van der Waals surface area (Å²) in [5.74, 6) is -1.30. The largest absolute Gasteiger partial charge is 0.462 e. The third kappa shape index (κ3) is 31.6. The van der Waals surface area contributed by atoms with Crippen LogP contribution in [-0.4, -0.2) is 32.2 Å². The number of carbonyl (C=O) groups excluding carboxylic acids is 2. The zero-order chi connectivity index (χ0) is 38.5. The van der Waals surface area contributed by atoms with Crippen LogP contribution >= 0.6 is 0 Å². The van der Waals surface area contributed by atoms with Crippen molar-refractivity contribution in [3.8, 4) is 0 Å². The van der Waals surface area contributed by atoms with Crippen molar-refractivity contribution >= 4 is 21.9 Å². The molecule has 0 radical (unpaired) electrons. The van der Waals surface area contributed by atoms with Gasteiger partial charge in [0.25, 0.3) is 5.91 Å². The molecule has 0 aromatic heterocycles. The minimum atomic E-state index is -3.84. The Morgan fingerprint density at radius 2 is 0.962 bits per heavy atom. The van der Waals surface area contributed by atoms with E-state index in [4.69, 9.17) is 4.74 Å². The molecule has 0 aliphatic rings. The van der Waals surface area contributed by atoms with E-state index in [9.17, 15) is 18.0 Å². The van der Waals surface area contributed by atoms with Gasteiger partial charge in [0.1, 0.15) is 6.10 Å². The molecule has 1 aromatic carbocycles. The molecular weight excluding hydrogens is 679 g/mol. The van der Waals surface area contributed by atoms with Gasteiger partial charge in [-0.3, -0.25) is 9.59 Å². The van der Waals surface area contributed by atoms with Crippen molar-refractivity contribution < 1.29 is 22.7 Å². The van der Waals surface area contributed by atoms with E-state index in [-0.39, 0.29) is 36.2 Å². The molecular formula is C46H79NO5S. The molecule has 1 aromatic rings. The highest BCUT2D eigenvalue weighted by Gasteiger charge is 2.18. The zero-order valence-corrected chi connectivity index (χ0v) is 35.0. The van der Waals surface area contributed by atoms with Gasteiger partial charge in [0.15, 0.2) is 0 Å². The van der Waals surface area contributed by atoms with E-state index in [2.05, 4.69) is 42.9 Å². The fourth-order valence-corrected chi connectivity index (χ4v) is 7.67. The Kier molecular flexibility index (Phi) is 32.4. The maximum Gasteiger partial charge on any atom is 0.306 e. The maximum absolute atomic E-state index is 12.8. The number of ether oxygens (including phenoxy) is 1. The van der Waals surface area contributed by atoms with Crippen LogP contribution in [0.25, 0.3) is 0 Å². The first-order valence-electron chi connectivity index (χ1n) is 22.0. The van der Waals surface area contributed by atoms with E-state index in [1.54, 1.807) is 30.3 Å². The monoisotopic (exact) mass is 758 g/mol. The normalized spacial score (nSPS) is 12.0. The summed E-state index contributed by atoms with van der Waals surface area (Å²) in [6.07, 6.45) is 43.8. The van der Waals surface area contributed by atoms with Crippen molar-refractivity contribution in [2.45, 2.75) is 213 Å². The molecule has 0 heterocycles. The molecule has 0 aliphatic heterocycles. The third-order valence-electron chi connectivity index (χ3n) is 9.95. The summed E-state index contributed by atoms with van der Waals surface area (Å²) in [5.41, 5.74) is 0.282. The summed E-state index contributed by atoms with van der Waals surface area (Å²) in [5, 5.41) is 0. The molecule has 53 heavy (non-hydrogen) atoms. The van der Waals surface area contributed by atoms with Gasteiger partial charge in [0, 0.05) is 12.0 Å².